The summed E-state index contributed by atoms with van der Waals surface area (Å²) in [5, 5.41) is 11.5. The second-order valence-electron chi connectivity index (χ2n) is 8.32. The van der Waals surface area contributed by atoms with Crippen molar-refractivity contribution in [2.75, 3.05) is 14.2 Å². The van der Waals surface area contributed by atoms with E-state index in [1.54, 1.807) is 24.4 Å². The lowest BCUT2D eigenvalue weighted by Gasteiger charge is -2.19. The Morgan fingerprint density at radius 3 is 2.28 bits per heavy atom. The minimum atomic E-state index is -0.377. The summed E-state index contributed by atoms with van der Waals surface area (Å²) in [4.78, 5) is 22.8. The highest BCUT2D eigenvalue weighted by atomic mass is 35.5. The van der Waals surface area contributed by atoms with E-state index in [4.69, 9.17) is 21.1 Å². The van der Waals surface area contributed by atoms with Crippen LogP contribution in [-0.4, -0.2) is 33.9 Å². The molecule has 7 nitrogen and oxygen atoms in total. The highest BCUT2D eigenvalue weighted by Gasteiger charge is 2.22. The molecule has 0 amide bonds. The number of unbranched alkanes of at least 4 members (excludes halogenated alkanes) is 1. The van der Waals surface area contributed by atoms with Crippen LogP contribution < -0.4 is 15.0 Å². The number of para-hydroxylation sites is 1. The largest absolute Gasteiger partial charge is 0.494 e. The van der Waals surface area contributed by atoms with Crippen LogP contribution in [0.1, 0.15) is 36.7 Å². The van der Waals surface area contributed by atoms with Gasteiger partial charge in [0.05, 0.1) is 25.5 Å². The molecule has 4 rings (SSSR count). The Morgan fingerprint density at radius 2 is 1.69 bits per heavy atom. The van der Waals surface area contributed by atoms with Crippen LogP contribution >= 0.6 is 11.6 Å². The van der Waals surface area contributed by atoms with Gasteiger partial charge in [0.1, 0.15) is 23.0 Å². The zero-order valence-corrected chi connectivity index (χ0v) is 21.2. The predicted octanol–water partition coefficient (Wildman–Crippen LogP) is 5.60. The van der Waals surface area contributed by atoms with Crippen LogP contribution in [0.5, 0.6) is 17.4 Å². The average molecular weight is 506 g/mol. The molecule has 4 aromatic rings. The first-order chi connectivity index (χ1) is 17.5. The summed E-state index contributed by atoms with van der Waals surface area (Å²) >= 11 is 5.98. The Bertz CT molecular complexity index is 1380. The lowest BCUT2D eigenvalue weighted by molar-refractivity contribution is 0.387. The monoisotopic (exact) mass is 505 g/mol. The van der Waals surface area contributed by atoms with Crippen LogP contribution in [-0.2, 0) is 12.8 Å². The van der Waals surface area contributed by atoms with E-state index in [0.717, 1.165) is 29.7 Å². The van der Waals surface area contributed by atoms with E-state index in [1.807, 2.05) is 36.4 Å². The van der Waals surface area contributed by atoms with E-state index in [1.165, 1.54) is 18.8 Å². The molecule has 0 aliphatic rings. The predicted molar refractivity (Wildman–Crippen MR) is 141 cm³/mol. The van der Waals surface area contributed by atoms with Crippen LogP contribution in [0.25, 0.3) is 16.9 Å². The van der Waals surface area contributed by atoms with Gasteiger partial charge >= 0.3 is 0 Å². The minimum Gasteiger partial charge on any atom is -0.494 e. The summed E-state index contributed by atoms with van der Waals surface area (Å²) < 4.78 is 12.6. The second-order valence-corrected chi connectivity index (χ2v) is 8.76. The van der Waals surface area contributed by atoms with Gasteiger partial charge in [-0.25, -0.2) is 0 Å². The first-order valence-electron chi connectivity index (χ1n) is 11.7. The molecule has 0 radical (unpaired) electrons. The van der Waals surface area contributed by atoms with Gasteiger partial charge in [-0.05, 0) is 42.3 Å². The Hall–Kier alpha value is -3.84. The third-order valence-electron chi connectivity index (χ3n) is 5.95. The van der Waals surface area contributed by atoms with E-state index in [2.05, 4.69) is 16.9 Å². The topological polar surface area (TPSA) is 86.5 Å². The lowest BCUT2D eigenvalue weighted by Crippen LogP contribution is -2.28. The Morgan fingerprint density at radius 1 is 1.00 bits per heavy atom. The molecule has 0 unspecified atom stereocenters. The first kappa shape index (κ1) is 25.3. The number of aromatic hydroxyl groups is 1. The normalized spacial score (nSPS) is 10.9. The van der Waals surface area contributed by atoms with E-state index >= 15 is 0 Å². The molecule has 36 heavy (non-hydrogen) atoms. The molecule has 0 saturated carbocycles. The van der Waals surface area contributed by atoms with Gasteiger partial charge in [0, 0.05) is 29.6 Å². The number of pyridine rings is 1. The summed E-state index contributed by atoms with van der Waals surface area (Å²) in [6.45, 7) is 2.06. The van der Waals surface area contributed by atoms with Crippen molar-refractivity contribution in [1.82, 2.24) is 14.5 Å². The second kappa shape index (κ2) is 11.3. The maximum atomic E-state index is 13.9. The van der Waals surface area contributed by atoms with Gasteiger partial charge in [0.2, 0.25) is 5.88 Å². The van der Waals surface area contributed by atoms with Crippen molar-refractivity contribution in [3.8, 4) is 34.3 Å². The fraction of sp³-hybridized carbons (Fsp3) is 0.250. The summed E-state index contributed by atoms with van der Waals surface area (Å²) in [5.41, 5.74) is 2.73. The molecule has 0 fully saturated rings. The molecule has 0 bridgehead atoms. The molecule has 0 aliphatic carbocycles. The number of aryl methyl sites for hydroxylation is 1. The molecule has 2 heterocycles. The van der Waals surface area contributed by atoms with E-state index in [9.17, 15) is 9.90 Å². The SMILES string of the molecule is CCCCc1nc(O)c(Cc2ccc(-c3ccc(Cl)cc3)nc2)c(=O)n1-c1c(OC)cccc1OC. The average Bonchev–Trinajstić information content (AvgIpc) is 2.90. The van der Waals surface area contributed by atoms with Crippen LogP contribution in [0.2, 0.25) is 5.02 Å². The van der Waals surface area contributed by atoms with Gasteiger partial charge in [0.15, 0.2) is 0 Å². The van der Waals surface area contributed by atoms with Gasteiger partial charge in [-0.15, -0.1) is 0 Å². The van der Waals surface area contributed by atoms with Crippen molar-refractivity contribution < 1.29 is 14.6 Å². The lowest BCUT2D eigenvalue weighted by atomic mass is 10.1. The van der Waals surface area contributed by atoms with Gasteiger partial charge in [0.25, 0.3) is 5.56 Å². The zero-order valence-electron chi connectivity index (χ0n) is 20.5. The van der Waals surface area contributed by atoms with Crippen molar-refractivity contribution >= 4 is 11.6 Å². The number of benzene rings is 2. The first-order valence-corrected chi connectivity index (χ1v) is 12.1. The number of halogens is 1. The number of aromatic nitrogens is 3. The molecule has 8 heteroatoms. The van der Waals surface area contributed by atoms with Gasteiger partial charge in [-0.2, -0.15) is 4.98 Å². The van der Waals surface area contributed by atoms with Crippen molar-refractivity contribution in [2.45, 2.75) is 32.6 Å². The quantitative estimate of drug-likeness (QED) is 0.318. The van der Waals surface area contributed by atoms with Crippen LogP contribution in [0, 0.1) is 0 Å². The van der Waals surface area contributed by atoms with Gasteiger partial charge in [-0.1, -0.05) is 49.2 Å². The van der Waals surface area contributed by atoms with Crippen molar-refractivity contribution in [2.24, 2.45) is 0 Å². The fourth-order valence-corrected chi connectivity index (χ4v) is 4.18. The van der Waals surface area contributed by atoms with Crippen LogP contribution in [0.3, 0.4) is 0 Å². The number of rotatable bonds is 9. The molecule has 1 N–H and O–H groups in total. The van der Waals surface area contributed by atoms with E-state index in [0.29, 0.717) is 34.5 Å². The third kappa shape index (κ3) is 5.21. The van der Waals surface area contributed by atoms with Crippen LogP contribution in [0.15, 0.2) is 65.6 Å². The molecular formula is C28H28ClN3O4. The molecule has 186 valence electrons. The minimum absolute atomic E-state index is 0.164. The highest BCUT2D eigenvalue weighted by molar-refractivity contribution is 6.30. The molecule has 2 aromatic carbocycles. The Kier molecular flexibility index (Phi) is 7.90. The number of nitrogens with zero attached hydrogens (tertiary/aromatic N) is 3. The molecule has 2 aromatic heterocycles. The fourth-order valence-electron chi connectivity index (χ4n) is 4.05. The van der Waals surface area contributed by atoms with E-state index in [-0.39, 0.29) is 23.4 Å². The summed E-state index contributed by atoms with van der Waals surface area (Å²) in [7, 11) is 3.08. The summed E-state index contributed by atoms with van der Waals surface area (Å²) in [5.74, 6) is 1.11. The maximum absolute atomic E-state index is 13.9. The Labute approximate surface area is 215 Å². The van der Waals surface area contributed by atoms with Crippen molar-refractivity contribution in [1.29, 1.82) is 0 Å². The number of hydrogen-bond acceptors (Lipinski definition) is 6. The maximum Gasteiger partial charge on any atom is 0.265 e. The number of hydrogen-bond donors (Lipinski definition) is 1. The smallest absolute Gasteiger partial charge is 0.265 e. The van der Waals surface area contributed by atoms with Gasteiger partial charge < -0.3 is 14.6 Å². The number of methoxy groups -OCH3 is 2. The van der Waals surface area contributed by atoms with Crippen molar-refractivity contribution in [3.63, 3.8) is 0 Å². The molecule has 0 atom stereocenters. The molecule has 0 saturated heterocycles. The van der Waals surface area contributed by atoms with Crippen molar-refractivity contribution in [3.05, 3.63) is 93.1 Å². The Balaban J connectivity index is 1.79. The standard InChI is InChI=1S/C28H28ClN3O4/c1-4-5-9-25-31-27(33)21(28(34)32(25)26-23(35-2)7-6-8-24(26)36-3)16-18-10-15-22(30-17-18)19-11-13-20(29)14-12-19/h6-8,10-15,17,33H,4-5,9,16H2,1-3H3. The molecular weight excluding hydrogens is 478 g/mol. The van der Waals surface area contributed by atoms with Crippen LogP contribution in [0.4, 0.5) is 0 Å². The highest BCUT2D eigenvalue weighted by Crippen LogP contribution is 2.33. The van der Waals surface area contributed by atoms with E-state index < -0.39 is 0 Å². The zero-order chi connectivity index (χ0) is 25.7. The third-order valence-corrected chi connectivity index (χ3v) is 6.20. The molecule has 0 spiro atoms. The molecule has 0 aliphatic heterocycles. The summed E-state index contributed by atoms with van der Waals surface area (Å²) in [6, 6.07) is 16.5. The van der Waals surface area contributed by atoms with Gasteiger partial charge in [-0.3, -0.25) is 14.3 Å². The summed E-state index contributed by atoms with van der Waals surface area (Å²) in [6.07, 6.45) is 4.09. The number of ether oxygens (including phenoxy) is 2.